The van der Waals surface area contributed by atoms with Gasteiger partial charge in [0.1, 0.15) is 0 Å². The number of nitrogens with zero attached hydrogens (tertiary/aromatic N) is 1. The van der Waals surface area contributed by atoms with Gasteiger partial charge in [-0.25, -0.2) is 9.59 Å². The largest absolute Gasteiger partial charge is 0.479 e. The third kappa shape index (κ3) is 5.56. The molecule has 7 nitrogen and oxygen atoms in total. The second kappa shape index (κ2) is 7.14. The van der Waals surface area contributed by atoms with E-state index in [9.17, 15) is 14.2 Å². The summed E-state index contributed by atoms with van der Waals surface area (Å²) in [6, 6.07) is -1.34. The highest BCUT2D eigenvalue weighted by atomic mass is 31.2. The molecule has 0 bridgehead atoms. The zero-order chi connectivity index (χ0) is 13.5. The van der Waals surface area contributed by atoms with E-state index in [1.165, 1.54) is 20.3 Å². The number of hydrogen-bond donors (Lipinski definition) is 1. The molecule has 17 heavy (non-hydrogen) atoms. The minimum atomic E-state index is -3.24. The lowest BCUT2D eigenvalue weighted by Crippen LogP contribution is -2.15. The number of aliphatic imine (C=N–C) groups is 1. The maximum atomic E-state index is 11.7. The summed E-state index contributed by atoms with van der Waals surface area (Å²) in [5.41, 5.74) is 0.434. The Labute approximate surface area is 98.7 Å². The molecule has 1 unspecified atom stereocenters. The Morgan fingerprint density at radius 1 is 1.53 bits per heavy atom. The van der Waals surface area contributed by atoms with Crippen molar-refractivity contribution in [1.29, 1.82) is 0 Å². The average molecular weight is 263 g/mol. The van der Waals surface area contributed by atoms with Crippen LogP contribution in [0.5, 0.6) is 0 Å². The molecule has 0 aromatic carbocycles. The predicted molar refractivity (Wildman–Crippen MR) is 59.8 cm³/mol. The van der Waals surface area contributed by atoms with E-state index in [1.807, 2.05) is 0 Å². The van der Waals surface area contributed by atoms with E-state index in [2.05, 4.69) is 4.99 Å². The number of carboxylic acid groups (broad SMARTS) is 1. The van der Waals surface area contributed by atoms with Crippen molar-refractivity contribution >= 4 is 19.6 Å². The lowest BCUT2D eigenvalue weighted by atomic mass is 10.2. The highest BCUT2D eigenvalue weighted by Gasteiger charge is 2.22. The molecule has 0 rings (SSSR count). The van der Waals surface area contributed by atoms with Gasteiger partial charge in [-0.05, 0) is 13.0 Å². The van der Waals surface area contributed by atoms with Crippen LogP contribution >= 0.6 is 7.60 Å². The molecule has 0 aromatic rings. The number of rotatable bonds is 7. The molecule has 0 saturated carbocycles. The van der Waals surface area contributed by atoms with E-state index in [0.29, 0.717) is 5.57 Å². The van der Waals surface area contributed by atoms with Gasteiger partial charge in [-0.15, -0.1) is 0 Å². The number of carbonyl (C=O) groups is 1. The van der Waals surface area contributed by atoms with E-state index in [0.717, 1.165) is 6.08 Å². The highest BCUT2D eigenvalue weighted by Crippen LogP contribution is 2.47. The van der Waals surface area contributed by atoms with E-state index < -0.39 is 19.6 Å². The lowest BCUT2D eigenvalue weighted by molar-refractivity contribution is -0.137. The Hall–Kier alpha value is -1.26. The summed E-state index contributed by atoms with van der Waals surface area (Å²) in [6.45, 7) is 1.54. The zero-order valence-electron chi connectivity index (χ0n) is 9.74. The third-order valence-electron chi connectivity index (χ3n) is 1.89. The summed E-state index contributed by atoms with van der Waals surface area (Å²) in [4.78, 5) is 23.8. The molecule has 0 heterocycles. The lowest BCUT2D eigenvalue weighted by Gasteiger charge is -2.13. The first-order valence-corrected chi connectivity index (χ1v) is 6.29. The van der Waals surface area contributed by atoms with Gasteiger partial charge in [0.05, 0.1) is 6.16 Å². The fourth-order valence-electron chi connectivity index (χ4n) is 1.05. The number of aliphatic carboxylic acids is 1. The van der Waals surface area contributed by atoms with Gasteiger partial charge in [-0.2, -0.15) is 4.99 Å². The number of hydrogen-bond acceptors (Lipinski definition) is 6. The Morgan fingerprint density at radius 2 is 2.06 bits per heavy atom. The van der Waals surface area contributed by atoms with Crippen LogP contribution in [0.3, 0.4) is 0 Å². The van der Waals surface area contributed by atoms with Crippen molar-refractivity contribution in [3.05, 3.63) is 11.6 Å². The summed E-state index contributed by atoms with van der Waals surface area (Å²) >= 11 is 0. The Kier molecular flexibility index (Phi) is 6.61. The number of isocyanates is 1. The number of allylic oxidation sites excluding steroid dienone is 1. The fourth-order valence-corrected chi connectivity index (χ4v) is 2.18. The molecule has 96 valence electrons. The molecule has 0 spiro atoms. The van der Waals surface area contributed by atoms with Crippen LogP contribution in [0.15, 0.2) is 16.6 Å². The van der Waals surface area contributed by atoms with Crippen LogP contribution in [0, 0.1) is 0 Å². The third-order valence-corrected chi connectivity index (χ3v) is 3.89. The Morgan fingerprint density at radius 3 is 2.41 bits per heavy atom. The summed E-state index contributed by atoms with van der Waals surface area (Å²) < 4.78 is 21.1. The van der Waals surface area contributed by atoms with Crippen LogP contribution in [0.4, 0.5) is 0 Å². The topological polar surface area (TPSA) is 102 Å². The highest BCUT2D eigenvalue weighted by molar-refractivity contribution is 7.54. The molecule has 1 N–H and O–H groups in total. The quantitative estimate of drug-likeness (QED) is 0.320. The van der Waals surface area contributed by atoms with Crippen molar-refractivity contribution in [3.63, 3.8) is 0 Å². The number of carbonyl (C=O) groups excluding carboxylic acids is 1. The smallest absolute Gasteiger partial charge is 0.334 e. The second-order valence-electron chi connectivity index (χ2n) is 3.15. The van der Waals surface area contributed by atoms with Gasteiger partial charge >= 0.3 is 13.6 Å². The van der Waals surface area contributed by atoms with Gasteiger partial charge in [-0.3, -0.25) is 4.57 Å². The first-order valence-electron chi connectivity index (χ1n) is 4.56. The van der Waals surface area contributed by atoms with Gasteiger partial charge in [0.2, 0.25) is 6.08 Å². The van der Waals surface area contributed by atoms with Crippen LogP contribution < -0.4 is 0 Å². The van der Waals surface area contributed by atoms with Gasteiger partial charge in [0.15, 0.2) is 6.04 Å². The predicted octanol–water partition coefficient (Wildman–Crippen LogP) is 1.21. The van der Waals surface area contributed by atoms with Crippen LogP contribution in [0.1, 0.15) is 6.92 Å². The standard InChI is InChI=1S/C9H14NO6P/c1-7(5-17(14,15-2)16-3)4-8(9(12)13)10-6-11/h4,8H,5H2,1-3H3,(H,12,13). The van der Waals surface area contributed by atoms with Gasteiger partial charge < -0.3 is 14.2 Å². The first kappa shape index (κ1) is 15.7. The molecule has 0 aliphatic rings. The minimum absolute atomic E-state index is 0.0713. The summed E-state index contributed by atoms with van der Waals surface area (Å²) in [5.74, 6) is -1.29. The monoisotopic (exact) mass is 263 g/mol. The molecule has 0 radical (unpaired) electrons. The van der Waals surface area contributed by atoms with Crippen LogP contribution in [0.25, 0.3) is 0 Å². The van der Waals surface area contributed by atoms with E-state index >= 15 is 0 Å². The Balaban J connectivity index is 4.90. The molecule has 0 aliphatic carbocycles. The van der Waals surface area contributed by atoms with E-state index in [1.54, 1.807) is 6.92 Å². The van der Waals surface area contributed by atoms with Crippen molar-refractivity contribution in [2.24, 2.45) is 4.99 Å². The second-order valence-corrected chi connectivity index (χ2v) is 5.42. The normalized spacial score (nSPS) is 13.9. The molecule has 8 heteroatoms. The van der Waals surface area contributed by atoms with Crippen molar-refractivity contribution in [2.75, 3.05) is 20.4 Å². The van der Waals surface area contributed by atoms with Crippen molar-refractivity contribution in [2.45, 2.75) is 13.0 Å². The Bertz CT molecular complexity index is 388. The van der Waals surface area contributed by atoms with Gasteiger partial charge in [-0.1, -0.05) is 5.57 Å². The summed E-state index contributed by atoms with van der Waals surface area (Å²) in [6.07, 6.45) is 2.28. The van der Waals surface area contributed by atoms with Crippen LogP contribution in [-0.4, -0.2) is 43.6 Å². The molecule has 0 saturated heterocycles. The van der Waals surface area contributed by atoms with E-state index in [-0.39, 0.29) is 6.16 Å². The maximum absolute atomic E-state index is 11.7. The van der Waals surface area contributed by atoms with Gasteiger partial charge in [0.25, 0.3) is 0 Å². The molecule has 0 aliphatic heterocycles. The van der Waals surface area contributed by atoms with Crippen molar-refractivity contribution in [1.82, 2.24) is 0 Å². The minimum Gasteiger partial charge on any atom is -0.479 e. The summed E-state index contributed by atoms with van der Waals surface area (Å²) in [7, 11) is -0.780. The van der Waals surface area contributed by atoms with Crippen LogP contribution in [0.2, 0.25) is 0 Å². The van der Waals surface area contributed by atoms with Crippen molar-refractivity contribution in [3.8, 4) is 0 Å². The molecular formula is C9H14NO6P. The number of carboxylic acids is 1. The first-order chi connectivity index (χ1) is 7.88. The molecule has 0 aromatic heterocycles. The van der Waals surface area contributed by atoms with Crippen molar-refractivity contribution < 1.29 is 28.3 Å². The molecule has 1 atom stereocenters. The summed E-state index contributed by atoms with van der Waals surface area (Å²) in [5, 5.41) is 8.72. The SMILES string of the molecule is COP(=O)(CC(C)=CC(N=C=O)C(=O)O)OC. The molecule has 0 amide bonds. The molecule has 0 fully saturated rings. The fraction of sp³-hybridized carbons (Fsp3) is 0.556. The zero-order valence-corrected chi connectivity index (χ0v) is 10.6. The van der Waals surface area contributed by atoms with Crippen LogP contribution in [-0.2, 0) is 23.2 Å². The average Bonchev–Trinajstić information content (AvgIpc) is 2.28. The van der Waals surface area contributed by atoms with E-state index in [4.69, 9.17) is 14.2 Å². The maximum Gasteiger partial charge on any atom is 0.334 e. The molecular weight excluding hydrogens is 249 g/mol. The van der Waals surface area contributed by atoms with Gasteiger partial charge in [0, 0.05) is 14.2 Å².